The minimum atomic E-state index is -4.38. The lowest BCUT2D eigenvalue weighted by Gasteiger charge is -2.09. The largest absolute Gasteiger partial charge is 0.489 e. The lowest BCUT2D eigenvalue weighted by molar-refractivity contribution is -0.137. The molecule has 0 saturated heterocycles. The van der Waals surface area contributed by atoms with Gasteiger partial charge < -0.3 is 9.64 Å². The van der Waals surface area contributed by atoms with E-state index in [1.807, 2.05) is 6.07 Å². The number of aromatic nitrogens is 2. The van der Waals surface area contributed by atoms with Gasteiger partial charge in [0.1, 0.15) is 12.4 Å². The van der Waals surface area contributed by atoms with Crippen molar-refractivity contribution in [3.63, 3.8) is 0 Å². The van der Waals surface area contributed by atoms with Gasteiger partial charge in [-0.3, -0.25) is 9.89 Å². The predicted molar refractivity (Wildman–Crippen MR) is 95.6 cm³/mol. The number of carbonyl (C=O) groups excluding carboxylic acids is 1. The Balaban J connectivity index is 1.50. The Hall–Kier alpha value is -3.29. The van der Waals surface area contributed by atoms with E-state index in [0.717, 1.165) is 17.7 Å². The Kier molecular flexibility index (Phi) is 4.33. The van der Waals surface area contributed by atoms with E-state index in [0.29, 0.717) is 34.7 Å². The first kappa shape index (κ1) is 18.1. The number of hydrogen-bond donors (Lipinski definition) is 1. The molecule has 1 aliphatic rings. The van der Waals surface area contributed by atoms with Crippen molar-refractivity contribution in [1.29, 1.82) is 0 Å². The van der Waals surface area contributed by atoms with Crippen LogP contribution in [0, 0.1) is 0 Å². The number of nitrogens with zero attached hydrogens (tertiary/aromatic N) is 2. The van der Waals surface area contributed by atoms with Crippen molar-refractivity contribution in [2.75, 3.05) is 7.05 Å². The first-order valence-electron chi connectivity index (χ1n) is 8.54. The van der Waals surface area contributed by atoms with Crippen LogP contribution in [0.2, 0.25) is 0 Å². The number of carbonyl (C=O) groups is 1. The molecular weight excluding hydrogens is 371 g/mol. The number of nitrogens with one attached hydrogen (secondary N) is 1. The third kappa shape index (κ3) is 3.33. The number of aromatic amines is 1. The molecule has 0 atom stereocenters. The molecule has 2 heterocycles. The molecule has 0 radical (unpaired) electrons. The van der Waals surface area contributed by atoms with Crippen molar-refractivity contribution >= 4 is 5.91 Å². The number of benzene rings is 2. The van der Waals surface area contributed by atoms with Gasteiger partial charge in [0.2, 0.25) is 0 Å². The summed E-state index contributed by atoms with van der Waals surface area (Å²) in [4.78, 5) is 13.6. The van der Waals surface area contributed by atoms with Gasteiger partial charge in [-0.15, -0.1) is 0 Å². The molecule has 1 N–H and O–H groups in total. The molecule has 1 aliphatic heterocycles. The summed E-state index contributed by atoms with van der Waals surface area (Å²) in [6.45, 7) is 0.726. The van der Waals surface area contributed by atoms with Crippen LogP contribution >= 0.6 is 0 Å². The van der Waals surface area contributed by atoms with Gasteiger partial charge in [-0.25, -0.2) is 0 Å². The van der Waals surface area contributed by atoms with Crippen molar-refractivity contribution in [2.45, 2.75) is 19.3 Å². The minimum Gasteiger partial charge on any atom is -0.489 e. The molecule has 0 unspecified atom stereocenters. The maximum atomic E-state index is 12.7. The summed E-state index contributed by atoms with van der Waals surface area (Å²) in [6.07, 6.45) is -2.73. The molecule has 144 valence electrons. The summed E-state index contributed by atoms with van der Waals surface area (Å²) >= 11 is 0. The van der Waals surface area contributed by atoms with Gasteiger partial charge in [0.25, 0.3) is 5.91 Å². The van der Waals surface area contributed by atoms with Crippen LogP contribution in [0.5, 0.6) is 5.75 Å². The predicted octanol–water partition coefficient (Wildman–Crippen LogP) is 4.26. The van der Waals surface area contributed by atoms with Crippen LogP contribution in [0.25, 0.3) is 11.3 Å². The van der Waals surface area contributed by atoms with Gasteiger partial charge in [-0.1, -0.05) is 12.1 Å². The monoisotopic (exact) mass is 387 g/mol. The average molecular weight is 387 g/mol. The van der Waals surface area contributed by atoms with Gasteiger partial charge in [0.15, 0.2) is 0 Å². The van der Waals surface area contributed by atoms with Crippen LogP contribution in [0.4, 0.5) is 13.2 Å². The van der Waals surface area contributed by atoms with Crippen molar-refractivity contribution in [3.8, 4) is 17.0 Å². The maximum Gasteiger partial charge on any atom is 0.416 e. The molecule has 5 nitrogen and oxygen atoms in total. The molecule has 28 heavy (non-hydrogen) atoms. The summed E-state index contributed by atoms with van der Waals surface area (Å²) in [5, 5.41) is 6.86. The number of alkyl halides is 3. The molecular formula is C20H16F3N3O2. The fourth-order valence-electron chi connectivity index (χ4n) is 3.19. The number of amides is 1. The second kappa shape index (κ2) is 6.70. The second-order valence-corrected chi connectivity index (χ2v) is 6.60. The van der Waals surface area contributed by atoms with Gasteiger partial charge in [0, 0.05) is 36.5 Å². The van der Waals surface area contributed by atoms with Crippen LogP contribution in [0.15, 0.2) is 48.7 Å². The van der Waals surface area contributed by atoms with E-state index < -0.39 is 11.7 Å². The molecule has 0 fully saturated rings. The van der Waals surface area contributed by atoms with Crippen LogP contribution in [-0.4, -0.2) is 28.1 Å². The number of halogens is 3. The fourth-order valence-corrected chi connectivity index (χ4v) is 3.19. The van der Waals surface area contributed by atoms with Crippen molar-refractivity contribution < 1.29 is 22.7 Å². The third-order valence-corrected chi connectivity index (χ3v) is 4.66. The summed E-state index contributed by atoms with van der Waals surface area (Å²) in [7, 11) is 1.74. The van der Waals surface area contributed by atoms with Crippen LogP contribution < -0.4 is 4.74 Å². The van der Waals surface area contributed by atoms with Gasteiger partial charge in [0.05, 0.1) is 11.3 Å². The first-order valence-corrected chi connectivity index (χ1v) is 8.54. The second-order valence-electron chi connectivity index (χ2n) is 6.60. The number of ether oxygens (including phenoxy) is 1. The molecule has 8 heteroatoms. The molecule has 2 aromatic carbocycles. The van der Waals surface area contributed by atoms with Crippen LogP contribution in [0.3, 0.4) is 0 Å². The maximum absolute atomic E-state index is 12.7. The van der Waals surface area contributed by atoms with E-state index in [1.165, 1.54) is 12.1 Å². The lowest BCUT2D eigenvalue weighted by Crippen LogP contribution is -2.17. The summed E-state index contributed by atoms with van der Waals surface area (Å²) in [6, 6.07) is 10.1. The van der Waals surface area contributed by atoms with Gasteiger partial charge >= 0.3 is 6.18 Å². The highest BCUT2D eigenvalue weighted by atomic mass is 19.4. The highest BCUT2D eigenvalue weighted by molar-refractivity contribution is 5.98. The van der Waals surface area contributed by atoms with E-state index in [1.54, 1.807) is 30.3 Å². The molecule has 0 aliphatic carbocycles. The zero-order valence-electron chi connectivity index (χ0n) is 14.9. The zero-order chi connectivity index (χ0) is 19.9. The molecule has 1 amide bonds. The Morgan fingerprint density at radius 2 is 1.93 bits per heavy atom. The highest BCUT2D eigenvalue weighted by Crippen LogP contribution is 2.32. The van der Waals surface area contributed by atoms with E-state index in [9.17, 15) is 18.0 Å². The van der Waals surface area contributed by atoms with Crippen LogP contribution in [-0.2, 0) is 19.3 Å². The third-order valence-electron chi connectivity index (χ3n) is 4.66. The first-order chi connectivity index (χ1) is 13.3. The van der Waals surface area contributed by atoms with Crippen molar-refractivity contribution in [2.24, 2.45) is 0 Å². The normalized spacial score (nSPS) is 13.7. The Labute approximate surface area is 158 Å². The summed E-state index contributed by atoms with van der Waals surface area (Å²) in [5.41, 5.74) is 2.68. The average Bonchev–Trinajstić information content (AvgIpc) is 3.24. The van der Waals surface area contributed by atoms with Gasteiger partial charge in [-0.05, 0) is 35.9 Å². The Morgan fingerprint density at radius 3 is 2.64 bits per heavy atom. The van der Waals surface area contributed by atoms with E-state index in [-0.39, 0.29) is 12.5 Å². The van der Waals surface area contributed by atoms with Gasteiger partial charge in [-0.2, -0.15) is 18.3 Å². The number of H-pyrrole nitrogens is 1. The Morgan fingerprint density at radius 1 is 1.18 bits per heavy atom. The zero-order valence-corrected chi connectivity index (χ0v) is 14.9. The SMILES string of the molecule is CN1Cc2cc(OCc3c[nH]nc3-c3ccc(C(F)(F)F)cc3)ccc2C1=O. The van der Waals surface area contributed by atoms with Crippen molar-refractivity contribution in [1.82, 2.24) is 15.1 Å². The summed E-state index contributed by atoms with van der Waals surface area (Å²) in [5.74, 6) is 0.599. The molecule has 0 saturated carbocycles. The van der Waals surface area contributed by atoms with E-state index >= 15 is 0 Å². The topological polar surface area (TPSA) is 58.2 Å². The van der Waals surface area contributed by atoms with E-state index in [2.05, 4.69) is 10.2 Å². The summed E-state index contributed by atoms with van der Waals surface area (Å²) < 4.78 is 44.0. The smallest absolute Gasteiger partial charge is 0.416 e. The number of hydrogen-bond acceptors (Lipinski definition) is 3. The van der Waals surface area contributed by atoms with E-state index in [4.69, 9.17) is 4.74 Å². The molecule has 4 rings (SSSR count). The Bertz CT molecular complexity index is 1030. The van der Waals surface area contributed by atoms with Crippen LogP contribution in [0.1, 0.15) is 27.0 Å². The molecule has 0 bridgehead atoms. The number of fused-ring (bicyclic) bond motifs is 1. The van der Waals surface area contributed by atoms with Crippen molar-refractivity contribution in [3.05, 3.63) is 70.9 Å². The standard InChI is InChI=1S/C20H16F3N3O2/c1-26-10-13-8-16(6-7-17(13)19(26)27)28-11-14-9-24-25-18(14)12-2-4-15(5-3-12)20(21,22)23/h2-9H,10-11H2,1H3,(H,24,25). The minimum absolute atomic E-state index is 0.0130. The fraction of sp³-hybridized carbons (Fsp3) is 0.200. The molecule has 1 aromatic heterocycles. The number of rotatable bonds is 4. The lowest BCUT2D eigenvalue weighted by atomic mass is 10.1. The highest BCUT2D eigenvalue weighted by Gasteiger charge is 2.30. The quantitative estimate of drug-likeness (QED) is 0.728. The molecule has 3 aromatic rings. The molecule has 0 spiro atoms.